The highest BCUT2D eigenvalue weighted by atomic mass is 16.3. The van der Waals surface area contributed by atoms with Crippen LogP contribution in [0.1, 0.15) is 11.1 Å². The Morgan fingerprint density at radius 1 is 1.04 bits per heavy atom. The fourth-order valence-corrected chi connectivity index (χ4v) is 2.42. The quantitative estimate of drug-likeness (QED) is 0.451. The third-order valence-corrected chi connectivity index (χ3v) is 3.81. The van der Waals surface area contributed by atoms with Gasteiger partial charge in [0.15, 0.2) is 0 Å². The molecule has 0 saturated carbocycles. The average Bonchev–Trinajstić information content (AvgIpc) is 2.63. The first-order valence-corrected chi connectivity index (χ1v) is 7.92. The van der Waals surface area contributed by atoms with Gasteiger partial charge in [-0.1, -0.05) is 30.3 Å². The second kappa shape index (κ2) is 7.52. The van der Waals surface area contributed by atoms with Gasteiger partial charge in [-0.2, -0.15) is 0 Å². The molecule has 0 unspecified atom stereocenters. The zero-order chi connectivity index (χ0) is 19.4. The number of aromatic nitrogens is 4. The predicted octanol–water partition coefficient (Wildman–Crippen LogP) is -0.388. The van der Waals surface area contributed by atoms with Crippen LogP contribution >= 0.6 is 0 Å². The van der Waals surface area contributed by atoms with Gasteiger partial charge in [0.05, 0.1) is 0 Å². The van der Waals surface area contributed by atoms with Gasteiger partial charge in [-0.05, 0) is 12.0 Å². The molecule has 0 bridgehead atoms. The van der Waals surface area contributed by atoms with E-state index < -0.39 is 28.4 Å². The van der Waals surface area contributed by atoms with E-state index in [9.17, 15) is 24.3 Å². The van der Waals surface area contributed by atoms with Crippen LogP contribution in [0.4, 0.5) is 5.69 Å². The normalized spacial score (nSPS) is 11.1. The van der Waals surface area contributed by atoms with Gasteiger partial charge in [-0.3, -0.25) is 24.1 Å². The van der Waals surface area contributed by atoms with Crippen LogP contribution in [0.15, 0.2) is 60.7 Å². The number of rotatable bonds is 5. The summed E-state index contributed by atoms with van der Waals surface area (Å²) in [4.78, 5) is 56.7. The highest BCUT2D eigenvalue weighted by Crippen LogP contribution is 2.11. The molecule has 27 heavy (non-hydrogen) atoms. The molecule has 0 fully saturated rings. The van der Waals surface area contributed by atoms with Crippen molar-refractivity contribution in [3.63, 3.8) is 0 Å². The van der Waals surface area contributed by atoms with Crippen molar-refractivity contribution in [3.8, 4) is 5.88 Å². The maximum absolute atomic E-state index is 12.0. The summed E-state index contributed by atoms with van der Waals surface area (Å²) in [7, 11) is 0. The van der Waals surface area contributed by atoms with Gasteiger partial charge >= 0.3 is 11.4 Å². The van der Waals surface area contributed by atoms with Gasteiger partial charge < -0.3 is 10.1 Å². The lowest BCUT2D eigenvalue weighted by Gasteiger charge is -2.09. The third kappa shape index (κ3) is 4.00. The largest absolute Gasteiger partial charge is 0.494 e. The molecule has 0 saturated heterocycles. The predicted molar refractivity (Wildman–Crippen MR) is 98.1 cm³/mol. The summed E-state index contributed by atoms with van der Waals surface area (Å²) in [5.41, 5.74) is -2.57. The molecule has 1 aromatic carbocycles. The topological polar surface area (TPSA) is 153 Å². The molecule has 10 heteroatoms. The SMILES string of the molecule is O=c1[nH]cc(N=Cc2c(O)n(CCc3ccccc3)c(=O)[nH]c2=O)c(=O)[nH]1. The Morgan fingerprint density at radius 3 is 2.48 bits per heavy atom. The van der Waals surface area contributed by atoms with Gasteiger partial charge in [-0.15, -0.1) is 0 Å². The molecule has 0 radical (unpaired) electrons. The van der Waals surface area contributed by atoms with Crippen LogP contribution in [-0.2, 0) is 13.0 Å². The number of aliphatic imine (C=N–C) groups is 1. The first-order chi connectivity index (χ1) is 13.0. The molecular formula is C17H15N5O5. The van der Waals surface area contributed by atoms with Crippen LogP contribution in [0.3, 0.4) is 0 Å². The average molecular weight is 369 g/mol. The van der Waals surface area contributed by atoms with E-state index in [0.717, 1.165) is 22.5 Å². The zero-order valence-electron chi connectivity index (χ0n) is 13.9. The number of aromatic amines is 3. The molecule has 0 aliphatic carbocycles. The Labute approximate surface area is 150 Å². The first-order valence-electron chi connectivity index (χ1n) is 7.92. The van der Waals surface area contributed by atoms with Crippen molar-refractivity contribution in [1.82, 2.24) is 19.5 Å². The lowest BCUT2D eigenvalue weighted by Crippen LogP contribution is -2.32. The van der Waals surface area contributed by atoms with Crippen molar-refractivity contribution in [3.05, 3.63) is 89.3 Å². The van der Waals surface area contributed by atoms with Crippen molar-refractivity contribution >= 4 is 11.9 Å². The minimum absolute atomic E-state index is 0.130. The number of aromatic hydroxyl groups is 1. The molecule has 138 valence electrons. The summed E-state index contributed by atoms with van der Waals surface area (Å²) in [6, 6.07) is 9.31. The number of H-pyrrole nitrogens is 3. The van der Waals surface area contributed by atoms with Crippen LogP contribution in [0.2, 0.25) is 0 Å². The van der Waals surface area contributed by atoms with E-state index in [1.807, 2.05) is 35.3 Å². The first kappa shape index (κ1) is 17.9. The molecule has 0 aliphatic rings. The van der Waals surface area contributed by atoms with Gasteiger partial charge in [0.1, 0.15) is 11.3 Å². The standard InChI is InChI=1S/C17H15N5O5/c23-13-11(8-18-12-9-19-16(26)20-14(12)24)15(25)22(17(27)21-13)7-6-10-4-2-1-3-5-10/h1-5,8-9,25H,6-7H2,(H,21,23,27)(H2,19,20,24,26). The molecule has 0 atom stereocenters. The number of benzene rings is 1. The monoisotopic (exact) mass is 369 g/mol. The molecule has 0 amide bonds. The smallest absolute Gasteiger partial charge is 0.331 e. The molecular weight excluding hydrogens is 354 g/mol. The highest BCUT2D eigenvalue weighted by molar-refractivity contribution is 5.83. The Morgan fingerprint density at radius 2 is 1.78 bits per heavy atom. The fraction of sp³-hybridized carbons (Fsp3) is 0.118. The number of aryl methyl sites for hydroxylation is 1. The molecule has 4 N–H and O–H groups in total. The number of nitrogens with one attached hydrogen (secondary N) is 3. The van der Waals surface area contributed by atoms with Gasteiger partial charge in [0, 0.05) is 19.0 Å². The van der Waals surface area contributed by atoms with E-state index in [1.165, 1.54) is 0 Å². The zero-order valence-corrected chi connectivity index (χ0v) is 13.9. The van der Waals surface area contributed by atoms with Gasteiger partial charge in [0.25, 0.3) is 11.1 Å². The molecule has 2 heterocycles. The highest BCUT2D eigenvalue weighted by Gasteiger charge is 2.13. The summed E-state index contributed by atoms with van der Waals surface area (Å²) >= 11 is 0. The van der Waals surface area contributed by atoms with E-state index >= 15 is 0 Å². The lowest BCUT2D eigenvalue weighted by atomic mass is 10.1. The second-order valence-corrected chi connectivity index (χ2v) is 5.60. The van der Waals surface area contributed by atoms with Gasteiger partial charge in [0.2, 0.25) is 5.88 Å². The summed E-state index contributed by atoms with van der Waals surface area (Å²) < 4.78 is 1.01. The van der Waals surface area contributed by atoms with Crippen molar-refractivity contribution in [2.24, 2.45) is 4.99 Å². The van der Waals surface area contributed by atoms with E-state index in [4.69, 9.17) is 0 Å². The minimum atomic E-state index is -0.849. The summed E-state index contributed by atoms with van der Waals surface area (Å²) in [6.45, 7) is 0.130. The van der Waals surface area contributed by atoms with Crippen molar-refractivity contribution < 1.29 is 5.11 Å². The molecule has 3 aromatic rings. The Bertz CT molecular complexity index is 1220. The number of nitrogens with zero attached hydrogens (tertiary/aromatic N) is 2. The summed E-state index contributed by atoms with van der Waals surface area (Å²) in [6.07, 6.45) is 2.47. The van der Waals surface area contributed by atoms with Crippen molar-refractivity contribution in [1.29, 1.82) is 0 Å². The van der Waals surface area contributed by atoms with Crippen molar-refractivity contribution in [2.45, 2.75) is 13.0 Å². The van der Waals surface area contributed by atoms with Gasteiger partial charge in [-0.25, -0.2) is 14.6 Å². The van der Waals surface area contributed by atoms with Crippen LogP contribution in [0.5, 0.6) is 5.88 Å². The Balaban J connectivity index is 1.95. The van der Waals surface area contributed by atoms with Crippen LogP contribution < -0.4 is 22.5 Å². The third-order valence-electron chi connectivity index (χ3n) is 3.81. The minimum Gasteiger partial charge on any atom is -0.494 e. The van der Waals surface area contributed by atoms with E-state index in [0.29, 0.717) is 6.42 Å². The fourth-order valence-electron chi connectivity index (χ4n) is 2.42. The maximum Gasteiger partial charge on any atom is 0.331 e. The van der Waals surface area contributed by atoms with Crippen LogP contribution in [0.25, 0.3) is 0 Å². The van der Waals surface area contributed by atoms with E-state index in [2.05, 4.69) is 15.0 Å². The lowest BCUT2D eigenvalue weighted by molar-refractivity contribution is 0.399. The maximum atomic E-state index is 12.0. The number of hydrogen-bond donors (Lipinski definition) is 4. The van der Waals surface area contributed by atoms with Crippen LogP contribution in [0, 0.1) is 0 Å². The van der Waals surface area contributed by atoms with Crippen LogP contribution in [-0.4, -0.2) is 30.8 Å². The molecule has 10 nitrogen and oxygen atoms in total. The van der Waals surface area contributed by atoms with Crippen molar-refractivity contribution in [2.75, 3.05) is 0 Å². The molecule has 0 spiro atoms. The Hall–Kier alpha value is -3.95. The summed E-state index contributed by atoms with van der Waals surface area (Å²) in [5.74, 6) is -0.565. The number of hydrogen-bond acceptors (Lipinski definition) is 6. The Kier molecular flexibility index (Phi) is 4.97. The molecule has 2 aromatic heterocycles. The molecule has 3 rings (SSSR count). The summed E-state index contributed by atoms with van der Waals surface area (Å²) in [5, 5.41) is 10.3. The van der Waals surface area contributed by atoms with E-state index in [-0.39, 0.29) is 17.8 Å². The van der Waals surface area contributed by atoms with E-state index in [1.54, 1.807) is 0 Å². The second-order valence-electron chi connectivity index (χ2n) is 5.60. The molecule has 0 aliphatic heterocycles.